The first-order valence-corrected chi connectivity index (χ1v) is 8.69. The van der Waals surface area contributed by atoms with E-state index >= 15 is 0 Å². The van der Waals surface area contributed by atoms with Gasteiger partial charge in [-0.1, -0.05) is 52.4 Å². The summed E-state index contributed by atoms with van der Waals surface area (Å²) < 4.78 is 25.9. The average molecular weight is 393 g/mol. The Morgan fingerprint density at radius 3 is 2.37 bits per heavy atom. The van der Waals surface area contributed by atoms with Gasteiger partial charge in [-0.3, -0.25) is 4.79 Å². The molecular formula is C13H16INO3S. The highest BCUT2D eigenvalue weighted by molar-refractivity contribution is 14.1. The lowest BCUT2D eigenvalue weighted by atomic mass is 10.2. The van der Waals surface area contributed by atoms with Gasteiger partial charge in [0.15, 0.2) is 0 Å². The number of rotatable bonds is 5. The van der Waals surface area contributed by atoms with Gasteiger partial charge in [0.05, 0.1) is 15.9 Å². The summed E-state index contributed by atoms with van der Waals surface area (Å²) in [4.78, 5) is 11.9. The zero-order valence-corrected chi connectivity index (χ0v) is 13.8. The Balaban J connectivity index is 3.18. The highest BCUT2D eigenvalue weighted by Gasteiger charge is 2.27. The van der Waals surface area contributed by atoms with Gasteiger partial charge in [0.25, 0.3) is 10.0 Å². The Morgan fingerprint density at radius 2 is 1.89 bits per heavy atom. The van der Waals surface area contributed by atoms with Crippen LogP contribution < -0.4 is 0 Å². The van der Waals surface area contributed by atoms with Crippen LogP contribution in [-0.4, -0.2) is 29.6 Å². The Labute approximate surface area is 127 Å². The molecule has 1 aromatic carbocycles. The standard InChI is InChI=1S/C13H16INO3S/c1-3-4-9-15(13(16)10-14)19(17,18)12-7-5-11(2)6-8-12/h3-8H,9-10H2,1-2H3/b4-3+. The molecular weight excluding hydrogens is 377 g/mol. The fourth-order valence-corrected chi connectivity index (χ4v) is 3.43. The lowest BCUT2D eigenvalue weighted by Crippen LogP contribution is -2.37. The summed E-state index contributed by atoms with van der Waals surface area (Å²) >= 11 is 1.87. The van der Waals surface area contributed by atoms with Crippen molar-refractivity contribution in [3.8, 4) is 0 Å². The first kappa shape index (κ1) is 16.2. The van der Waals surface area contributed by atoms with Crippen molar-refractivity contribution < 1.29 is 13.2 Å². The summed E-state index contributed by atoms with van der Waals surface area (Å²) in [7, 11) is -3.77. The van der Waals surface area contributed by atoms with Crippen molar-refractivity contribution in [3.63, 3.8) is 0 Å². The van der Waals surface area contributed by atoms with Gasteiger partial charge >= 0.3 is 0 Å². The van der Waals surface area contributed by atoms with Crippen LogP contribution in [0.1, 0.15) is 12.5 Å². The van der Waals surface area contributed by atoms with Gasteiger partial charge in [-0.15, -0.1) is 0 Å². The van der Waals surface area contributed by atoms with E-state index in [9.17, 15) is 13.2 Å². The number of hydrogen-bond donors (Lipinski definition) is 0. The van der Waals surface area contributed by atoms with Gasteiger partial charge < -0.3 is 0 Å². The maximum absolute atomic E-state index is 12.4. The van der Waals surface area contributed by atoms with E-state index in [0.717, 1.165) is 9.87 Å². The number of nitrogens with zero attached hydrogens (tertiary/aromatic N) is 1. The summed E-state index contributed by atoms with van der Waals surface area (Å²) in [5, 5.41) is 0. The molecule has 1 aromatic rings. The summed E-state index contributed by atoms with van der Waals surface area (Å²) in [6.07, 6.45) is 3.37. The van der Waals surface area contributed by atoms with E-state index in [0.29, 0.717) is 0 Å². The number of aryl methyl sites for hydroxylation is 1. The van der Waals surface area contributed by atoms with Crippen LogP contribution >= 0.6 is 22.6 Å². The maximum atomic E-state index is 12.4. The molecule has 0 aliphatic carbocycles. The smallest absolute Gasteiger partial charge is 0.266 e. The van der Waals surface area contributed by atoms with Crippen LogP contribution in [0.3, 0.4) is 0 Å². The number of allylic oxidation sites excluding steroid dienone is 1. The van der Waals surface area contributed by atoms with Crippen LogP contribution in [0, 0.1) is 6.92 Å². The van der Waals surface area contributed by atoms with Crippen LogP contribution in [0.15, 0.2) is 41.3 Å². The van der Waals surface area contributed by atoms with Crippen LogP contribution in [0.25, 0.3) is 0 Å². The van der Waals surface area contributed by atoms with Crippen molar-refractivity contribution in [2.75, 3.05) is 11.0 Å². The van der Waals surface area contributed by atoms with Crippen LogP contribution in [0.4, 0.5) is 0 Å². The lowest BCUT2D eigenvalue weighted by Gasteiger charge is -2.20. The average Bonchev–Trinajstić information content (AvgIpc) is 2.39. The quantitative estimate of drug-likeness (QED) is 0.439. The number of benzene rings is 1. The Morgan fingerprint density at radius 1 is 1.32 bits per heavy atom. The van der Waals surface area contributed by atoms with E-state index in [1.54, 1.807) is 31.2 Å². The molecule has 0 atom stereocenters. The van der Waals surface area contributed by atoms with Gasteiger partial charge in [0, 0.05) is 0 Å². The molecule has 1 amide bonds. The maximum Gasteiger partial charge on any atom is 0.266 e. The molecule has 0 aliphatic heterocycles. The molecule has 4 nitrogen and oxygen atoms in total. The largest absolute Gasteiger partial charge is 0.273 e. The van der Waals surface area contributed by atoms with E-state index in [-0.39, 0.29) is 15.9 Å². The molecule has 0 bridgehead atoms. The van der Waals surface area contributed by atoms with Crippen LogP contribution in [0.5, 0.6) is 0 Å². The van der Waals surface area contributed by atoms with E-state index in [1.807, 2.05) is 29.5 Å². The van der Waals surface area contributed by atoms with Crippen LogP contribution in [-0.2, 0) is 14.8 Å². The molecule has 0 saturated heterocycles. The second-order valence-electron chi connectivity index (χ2n) is 3.95. The number of hydrogen-bond acceptors (Lipinski definition) is 3. The third kappa shape index (κ3) is 4.04. The Kier molecular flexibility index (Phi) is 5.99. The van der Waals surface area contributed by atoms with E-state index in [1.165, 1.54) is 12.1 Å². The number of carbonyl (C=O) groups is 1. The van der Waals surface area contributed by atoms with Gasteiger partial charge in [-0.05, 0) is 26.0 Å². The molecule has 0 N–H and O–H groups in total. The number of alkyl halides is 1. The van der Waals surface area contributed by atoms with Crippen molar-refractivity contribution in [2.24, 2.45) is 0 Å². The molecule has 0 saturated carbocycles. The molecule has 0 spiro atoms. The second-order valence-corrected chi connectivity index (χ2v) is 6.57. The van der Waals surface area contributed by atoms with Gasteiger partial charge in [-0.25, -0.2) is 12.7 Å². The first-order valence-electron chi connectivity index (χ1n) is 5.73. The summed E-state index contributed by atoms with van der Waals surface area (Å²) in [5.41, 5.74) is 0.971. The topological polar surface area (TPSA) is 54.5 Å². The molecule has 0 fully saturated rings. The molecule has 0 radical (unpaired) electrons. The zero-order valence-electron chi connectivity index (χ0n) is 10.8. The highest BCUT2D eigenvalue weighted by Crippen LogP contribution is 2.17. The SMILES string of the molecule is C/C=C/CN(C(=O)CI)S(=O)(=O)c1ccc(C)cc1. The third-order valence-corrected chi connectivity index (χ3v) is 4.96. The molecule has 0 unspecified atom stereocenters. The molecule has 0 aromatic heterocycles. The van der Waals surface area contributed by atoms with Gasteiger partial charge in [0.1, 0.15) is 0 Å². The van der Waals surface area contributed by atoms with Crippen molar-refractivity contribution in [1.82, 2.24) is 4.31 Å². The van der Waals surface area contributed by atoms with E-state index < -0.39 is 15.9 Å². The van der Waals surface area contributed by atoms with Crippen molar-refractivity contribution in [2.45, 2.75) is 18.7 Å². The molecule has 0 heterocycles. The molecule has 19 heavy (non-hydrogen) atoms. The Bertz CT molecular complexity index is 564. The number of sulfonamides is 1. The molecule has 104 valence electrons. The minimum atomic E-state index is -3.77. The summed E-state index contributed by atoms with van der Waals surface area (Å²) in [5.74, 6) is -0.417. The minimum absolute atomic E-state index is 0.0640. The lowest BCUT2D eigenvalue weighted by molar-refractivity contribution is -0.123. The molecule has 6 heteroatoms. The number of halogens is 1. The van der Waals surface area contributed by atoms with Crippen molar-refractivity contribution in [3.05, 3.63) is 42.0 Å². The first-order chi connectivity index (χ1) is 8.93. The normalized spacial score (nSPS) is 11.7. The van der Waals surface area contributed by atoms with Gasteiger partial charge in [-0.2, -0.15) is 0 Å². The number of carbonyl (C=O) groups excluding carboxylic acids is 1. The fraction of sp³-hybridized carbons (Fsp3) is 0.308. The van der Waals surface area contributed by atoms with E-state index in [4.69, 9.17) is 0 Å². The minimum Gasteiger partial charge on any atom is -0.273 e. The number of amides is 1. The zero-order chi connectivity index (χ0) is 14.5. The monoisotopic (exact) mass is 393 g/mol. The summed E-state index contributed by atoms with van der Waals surface area (Å²) in [6, 6.07) is 6.48. The van der Waals surface area contributed by atoms with Crippen molar-refractivity contribution in [1.29, 1.82) is 0 Å². The highest BCUT2D eigenvalue weighted by atomic mass is 127. The van der Waals surface area contributed by atoms with Crippen molar-refractivity contribution >= 4 is 38.5 Å². The van der Waals surface area contributed by atoms with Gasteiger partial charge in [0.2, 0.25) is 5.91 Å². The summed E-state index contributed by atoms with van der Waals surface area (Å²) in [6.45, 7) is 3.73. The predicted molar refractivity (Wildman–Crippen MR) is 83.8 cm³/mol. The molecule has 1 rings (SSSR count). The molecule has 0 aliphatic rings. The van der Waals surface area contributed by atoms with E-state index in [2.05, 4.69) is 0 Å². The van der Waals surface area contributed by atoms with Crippen LogP contribution in [0.2, 0.25) is 0 Å². The second kappa shape index (κ2) is 7.04. The fourth-order valence-electron chi connectivity index (χ4n) is 1.44. The predicted octanol–water partition coefficient (Wildman–Crippen LogP) is 2.52. The third-order valence-electron chi connectivity index (χ3n) is 2.51. The Hall–Kier alpha value is -0.890.